The lowest BCUT2D eigenvalue weighted by Crippen LogP contribution is -2.27. The van der Waals surface area contributed by atoms with Gasteiger partial charge >= 0.3 is 0 Å². The van der Waals surface area contributed by atoms with Gasteiger partial charge in [-0.3, -0.25) is 14.2 Å². The first-order valence-corrected chi connectivity index (χ1v) is 6.11. The van der Waals surface area contributed by atoms with Crippen LogP contribution in [0.1, 0.15) is 25.5 Å². The molecule has 0 fully saturated rings. The summed E-state index contributed by atoms with van der Waals surface area (Å²) in [5.41, 5.74) is 1.72. The Kier molecular flexibility index (Phi) is 3.55. The first kappa shape index (κ1) is 12.5. The topological polar surface area (TPSA) is 52.0 Å². The van der Waals surface area contributed by atoms with Gasteiger partial charge in [0, 0.05) is 6.42 Å². The summed E-state index contributed by atoms with van der Waals surface area (Å²) in [6, 6.07) is 7.39. The maximum absolute atomic E-state index is 12.1. The van der Waals surface area contributed by atoms with Gasteiger partial charge in [0.2, 0.25) is 0 Å². The minimum Gasteiger partial charge on any atom is -0.298 e. The van der Waals surface area contributed by atoms with Crippen LogP contribution < -0.4 is 5.56 Å². The number of para-hydroxylation sites is 2. The van der Waals surface area contributed by atoms with Crippen molar-refractivity contribution in [2.24, 2.45) is 0 Å². The molecule has 0 saturated heterocycles. The third-order valence-electron chi connectivity index (χ3n) is 2.88. The summed E-state index contributed by atoms with van der Waals surface area (Å²) in [6.07, 6.45) is 1.30. The van der Waals surface area contributed by atoms with Gasteiger partial charge in [0.1, 0.15) is 5.69 Å². The van der Waals surface area contributed by atoms with Crippen molar-refractivity contribution in [3.05, 3.63) is 40.3 Å². The first-order valence-electron chi connectivity index (χ1n) is 6.11. The van der Waals surface area contributed by atoms with Crippen molar-refractivity contribution in [3.63, 3.8) is 0 Å². The molecule has 0 aliphatic rings. The van der Waals surface area contributed by atoms with Crippen molar-refractivity contribution in [1.82, 2.24) is 9.55 Å². The van der Waals surface area contributed by atoms with Crippen LogP contribution in [0.25, 0.3) is 11.0 Å². The first-order chi connectivity index (χ1) is 8.63. The number of hydrogen-bond acceptors (Lipinski definition) is 3. The lowest BCUT2D eigenvalue weighted by molar-refractivity contribution is -0.119. The van der Waals surface area contributed by atoms with Crippen LogP contribution in [-0.2, 0) is 11.3 Å². The largest absolute Gasteiger partial charge is 0.298 e. The SMILES string of the molecule is CCCC(=O)Cn1c(=O)c(C)nc2ccccc21. The minimum absolute atomic E-state index is 0.0790. The highest BCUT2D eigenvalue weighted by Gasteiger charge is 2.10. The number of Topliss-reactive ketones (excluding diaryl/α,β-unsaturated/α-hetero) is 1. The number of benzene rings is 1. The Labute approximate surface area is 105 Å². The molecule has 0 atom stereocenters. The van der Waals surface area contributed by atoms with E-state index in [9.17, 15) is 9.59 Å². The van der Waals surface area contributed by atoms with E-state index in [0.29, 0.717) is 12.1 Å². The Balaban J connectivity index is 2.57. The summed E-state index contributed by atoms with van der Waals surface area (Å²) in [5.74, 6) is 0.0790. The van der Waals surface area contributed by atoms with Crippen molar-refractivity contribution in [3.8, 4) is 0 Å². The second kappa shape index (κ2) is 5.12. The fourth-order valence-electron chi connectivity index (χ4n) is 2.01. The van der Waals surface area contributed by atoms with Crippen molar-refractivity contribution in [2.75, 3.05) is 0 Å². The van der Waals surface area contributed by atoms with E-state index in [1.54, 1.807) is 6.92 Å². The van der Waals surface area contributed by atoms with Gasteiger partial charge in [0.05, 0.1) is 17.6 Å². The Bertz CT molecular complexity index is 644. The van der Waals surface area contributed by atoms with Crippen LogP contribution in [0.5, 0.6) is 0 Å². The van der Waals surface area contributed by atoms with Gasteiger partial charge in [-0.15, -0.1) is 0 Å². The molecule has 0 amide bonds. The number of carbonyl (C=O) groups is 1. The van der Waals surface area contributed by atoms with E-state index in [1.807, 2.05) is 31.2 Å². The Morgan fingerprint density at radius 1 is 1.33 bits per heavy atom. The molecule has 0 bridgehead atoms. The highest BCUT2D eigenvalue weighted by atomic mass is 16.1. The number of hydrogen-bond donors (Lipinski definition) is 0. The number of rotatable bonds is 4. The van der Waals surface area contributed by atoms with Gasteiger partial charge in [0.15, 0.2) is 5.78 Å². The van der Waals surface area contributed by atoms with Gasteiger partial charge in [-0.1, -0.05) is 19.1 Å². The lowest BCUT2D eigenvalue weighted by Gasteiger charge is -2.09. The molecule has 94 valence electrons. The zero-order chi connectivity index (χ0) is 13.1. The maximum atomic E-state index is 12.1. The number of ketones is 1. The molecule has 2 aromatic rings. The van der Waals surface area contributed by atoms with E-state index in [-0.39, 0.29) is 17.9 Å². The number of aryl methyl sites for hydroxylation is 1. The number of carbonyl (C=O) groups excluding carboxylic acids is 1. The Morgan fingerprint density at radius 3 is 2.78 bits per heavy atom. The van der Waals surface area contributed by atoms with Crippen molar-refractivity contribution in [2.45, 2.75) is 33.2 Å². The monoisotopic (exact) mass is 244 g/mol. The fraction of sp³-hybridized carbons (Fsp3) is 0.357. The Morgan fingerprint density at radius 2 is 2.06 bits per heavy atom. The van der Waals surface area contributed by atoms with E-state index < -0.39 is 0 Å². The van der Waals surface area contributed by atoms with E-state index >= 15 is 0 Å². The average molecular weight is 244 g/mol. The van der Waals surface area contributed by atoms with Gasteiger partial charge < -0.3 is 0 Å². The fourth-order valence-corrected chi connectivity index (χ4v) is 2.01. The van der Waals surface area contributed by atoms with Crippen LogP contribution in [0, 0.1) is 6.92 Å². The summed E-state index contributed by atoms with van der Waals surface area (Å²) >= 11 is 0. The second-order valence-corrected chi connectivity index (χ2v) is 4.37. The highest BCUT2D eigenvalue weighted by molar-refractivity contribution is 5.81. The molecule has 4 heteroatoms. The highest BCUT2D eigenvalue weighted by Crippen LogP contribution is 2.10. The summed E-state index contributed by atoms with van der Waals surface area (Å²) in [4.78, 5) is 28.1. The average Bonchev–Trinajstić information content (AvgIpc) is 2.35. The van der Waals surface area contributed by atoms with Crippen LogP contribution in [0.3, 0.4) is 0 Å². The third-order valence-corrected chi connectivity index (χ3v) is 2.88. The van der Waals surface area contributed by atoms with Gasteiger partial charge in [-0.25, -0.2) is 4.98 Å². The maximum Gasteiger partial charge on any atom is 0.272 e. The number of fused-ring (bicyclic) bond motifs is 1. The zero-order valence-electron chi connectivity index (χ0n) is 10.6. The molecule has 0 aliphatic carbocycles. The molecule has 1 aromatic heterocycles. The summed E-state index contributed by atoms with van der Waals surface area (Å²) in [5, 5.41) is 0. The molecule has 1 aromatic carbocycles. The molecule has 0 radical (unpaired) electrons. The van der Waals surface area contributed by atoms with Crippen LogP contribution in [0.2, 0.25) is 0 Å². The van der Waals surface area contributed by atoms with Crippen LogP contribution in [0.15, 0.2) is 29.1 Å². The predicted octanol–water partition coefficient (Wildman–Crippen LogP) is 2.07. The van der Waals surface area contributed by atoms with E-state index in [1.165, 1.54) is 4.57 Å². The molecule has 18 heavy (non-hydrogen) atoms. The van der Waals surface area contributed by atoms with Gasteiger partial charge in [0.25, 0.3) is 5.56 Å². The van der Waals surface area contributed by atoms with Crippen molar-refractivity contribution < 1.29 is 4.79 Å². The molecule has 2 rings (SSSR count). The molecule has 4 nitrogen and oxygen atoms in total. The number of nitrogens with zero attached hydrogens (tertiary/aromatic N) is 2. The van der Waals surface area contributed by atoms with E-state index in [0.717, 1.165) is 17.5 Å². The van der Waals surface area contributed by atoms with E-state index in [2.05, 4.69) is 4.98 Å². The summed E-state index contributed by atoms with van der Waals surface area (Å²) < 4.78 is 1.52. The third kappa shape index (κ3) is 2.32. The molecule has 0 N–H and O–H groups in total. The lowest BCUT2D eigenvalue weighted by atomic mass is 10.2. The molecule has 0 spiro atoms. The quantitative estimate of drug-likeness (QED) is 0.827. The van der Waals surface area contributed by atoms with Gasteiger partial charge in [-0.05, 0) is 25.5 Å². The molecule has 0 aliphatic heterocycles. The van der Waals surface area contributed by atoms with Crippen LogP contribution in [0.4, 0.5) is 0 Å². The van der Waals surface area contributed by atoms with Gasteiger partial charge in [-0.2, -0.15) is 0 Å². The molecule has 0 unspecified atom stereocenters. The molecular formula is C14H16N2O2. The smallest absolute Gasteiger partial charge is 0.272 e. The van der Waals surface area contributed by atoms with Crippen LogP contribution >= 0.6 is 0 Å². The standard InChI is InChI=1S/C14H16N2O2/c1-3-6-11(17)9-16-13-8-5-4-7-12(13)15-10(2)14(16)18/h4-5,7-8H,3,6,9H2,1-2H3. The molecule has 1 heterocycles. The minimum atomic E-state index is -0.182. The van der Waals surface area contributed by atoms with E-state index in [4.69, 9.17) is 0 Å². The summed E-state index contributed by atoms with van der Waals surface area (Å²) in [6.45, 7) is 3.77. The number of aromatic nitrogens is 2. The molecule has 0 saturated carbocycles. The van der Waals surface area contributed by atoms with Crippen molar-refractivity contribution >= 4 is 16.8 Å². The van der Waals surface area contributed by atoms with Crippen molar-refractivity contribution in [1.29, 1.82) is 0 Å². The predicted molar refractivity (Wildman–Crippen MR) is 70.7 cm³/mol. The zero-order valence-corrected chi connectivity index (χ0v) is 10.6. The molecular weight excluding hydrogens is 228 g/mol. The Hall–Kier alpha value is -1.97. The van der Waals surface area contributed by atoms with Crippen LogP contribution in [-0.4, -0.2) is 15.3 Å². The normalized spacial score (nSPS) is 10.8. The second-order valence-electron chi connectivity index (χ2n) is 4.37. The summed E-state index contributed by atoms with van der Waals surface area (Å²) in [7, 11) is 0.